The van der Waals surface area contributed by atoms with Crippen molar-refractivity contribution in [2.24, 2.45) is 0 Å². The first kappa shape index (κ1) is 14.5. The molecule has 0 bridgehead atoms. The molecule has 106 valence electrons. The number of nitrogens with zero attached hydrogens (tertiary/aromatic N) is 3. The van der Waals surface area contributed by atoms with Crippen LogP contribution in [0.3, 0.4) is 0 Å². The van der Waals surface area contributed by atoms with Crippen molar-refractivity contribution in [2.75, 3.05) is 0 Å². The molecule has 2 aromatic rings. The third-order valence-corrected chi connectivity index (χ3v) is 2.84. The van der Waals surface area contributed by atoms with Crippen LogP contribution in [0.15, 0.2) is 16.7 Å². The van der Waals surface area contributed by atoms with E-state index in [-0.39, 0.29) is 18.4 Å². The van der Waals surface area contributed by atoms with Crippen LogP contribution in [0, 0.1) is 6.92 Å². The molecule has 7 heteroatoms. The van der Waals surface area contributed by atoms with Crippen LogP contribution in [-0.2, 0) is 6.54 Å². The summed E-state index contributed by atoms with van der Waals surface area (Å²) in [5.41, 5.74) is 1.24. The third-order valence-electron chi connectivity index (χ3n) is 2.64. The molecule has 6 nitrogen and oxygen atoms in total. The molecule has 0 fully saturated rings. The van der Waals surface area contributed by atoms with E-state index in [1.54, 1.807) is 13.0 Å². The fourth-order valence-electron chi connectivity index (χ4n) is 1.62. The summed E-state index contributed by atoms with van der Waals surface area (Å²) in [7, 11) is 0. The molecule has 0 unspecified atom stereocenters. The molecule has 0 saturated carbocycles. The van der Waals surface area contributed by atoms with E-state index in [2.05, 4.69) is 20.4 Å². The van der Waals surface area contributed by atoms with E-state index in [0.717, 1.165) is 5.69 Å². The number of carbonyl (C=O) groups excluding carboxylic acids is 1. The molecule has 0 aliphatic carbocycles. The second-order valence-corrected chi connectivity index (χ2v) is 5.06. The predicted molar refractivity (Wildman–Crippen MR) is 73.5 cm³/mol. The lowest BCUT2D eigenvalue weighted by Gasteiger charge is -2.08. The van der Waals surface area contributed by atoms with Gasteiger partial charge in [-0.25, -0.2) is 4.98 Å². The fourth-order valence-corrected chi connectivity index (χ4v) is 1.83. The minimum atomic E-state index is -0.251. The van der Waals surface area contributed by atoms with Crippen LogP contribution in [0.5, 0.6) is 0 Å². The number of aryl methyl sites for hydroxylation is 1. The molecular weight excluding hydrogens is 280 g/mol. The van der Waals surface area contributed by atoms with Gasteiger partial charge in [0.1, 0.15) is 5.15 Å². The number of aromatic nitrogens is 3. The standard InChI is InChI=1S/C13H15ClN4O2/c1-7(2)10-4-9(5-11(14)17-10)13(19)15-6-12-16-8(3)20-18-12/h4-5,7H,6H2,1-3H3,(H,15,19). The lowest BCUT2D eigenvalue weighted by Crippen LogP contribution is -2.23. The maximum atomic E-state index is 12.1. The summed E-state index contributed by atoms with van der Waals surface area (Å²) in [6, 6.07) is 3.26. The first-order chi connectivity index (χ1) is 9.45. The number of halogens is 1. The van der Waals surface area contributed by atoms with E-state index in [0.29, 0.717) is 22.4 Å². The number of pyridine rings is 1. The van der Waals surface area contributed by atoms with E-state index < -0.39 is 0 Å². The molecule has 0 aromatic carbocycles. The summed E-state index contributed by atoms with van der Waals surface area (Å²) in [4.78, 5) is 20.3. The summed E-state index contributed by atoms with van der Waals surface area (Å²) in [5, 5.41) is 6.72. The lowest BCUT2D eigenvalue weighted by molar-refractivity contribution is 0.0949. The third kappa shape index (κ3) is 3.54. The number of rotatable bonds is 4. The highest BCUT2D eigenvalue weighted by Crippen LogP contribution is 2.17. The number of hydrogen-bond acceptors (Lipinski definition) is 5. The SMILES string of the molecule is Cc1nc(CNC(=O)c2cc(Cl)nc(C(C)C)c2)no1. The van der Waals surface area contributed by atoms with Crippen LogP contribution in [0.1, 0.15) is 47.5 Å². The maximum Gasteiger partial charge on any atom is 0.251 e. The second-order valence-electron chi connectivity index (χ2n) is 4.67. The quantitative estimate of drug-likeness (QED) is 0.876. The number of amides is 1. The zero-order valence-electron chi connectivity index (χ0n) is 11.5. The summed E-state index contributed by atoms with van der Waals surface area (Å²) in [6.45, 7) is 5.87. The molecule has 2 rings (SSSR count). The molecule has 20 heavy (non-hydrogen) atoms. The van der Waals surface area contributed by atoms with Crippen molar-refractivity contribution < 1.29 is 9.32 Å². The molecule has 0 atom stereocenters. The first-order valence-corrected chi connectivity index (χ1v) is 6.58. The number of carbonyl (C=O) groups is 1. The van der Waals surface area contributed by atoms with E-state index in [9.17, 15) is 4.79 Å². The summed E-state index contributed by atoms with van der Waals surface area (Å²) < 4.78 is 4.83. The van der Waals surface area contributed by atoms with Crippen molar-refractivity contribution >= 4 is 17.5 Å². The van der Waals surface area contributed by atoms with Crippen molar-refractivity contribution in [2.45, 2.75) is 33.2 Å². The molecule has 0 spiro atoms. The van der Waals surface area contributed by atoms with E-state index in [1.165, 1.54) is 6.07 Å². The molecule has 0 saturated heterocycles. The van der Waals surface area contributed by atoms with Crippen molar-refractivity contribution in [3.63, 3.8) is 0 Å². The average molecular weight is 295 g/mol. The van der Waals surface area contributed by atoms with Crippen LogP contribution >= 0.6 is 11.6 Å². The Morgan fingerprint density at radius 1 is 1.40 bits per heavy atom. The average Bonchev–Trinajstić information content (AvgIpc) is 2.81. The van der Waals surface area contributed by atoms with Gasteiger partial charge in [-0.2, -0.15) is 4.98 Å². The van der Waals surface area contributed by atoms with Crippen LogP contribution in [0.4, 0.5) is 0 Å². The molecule has 1 amide bonds. The largest absolute Gasteiger partial charge is 0.345 e. The predicted octanol–water partition coefficient (Wildman–Crippen LogP) is 2.48. The van der Waals surface area contributed by atoms with Crippen LogP contribution in [0.2, 0.25) is 5.15 Å². The minimum absolute atomic E-state index is 0.195. The Morgan fingerprint density at radius 2 is 2.15 bits per heavy atom. The van der Waals surface area contributed by atoms with E-state index >= 15 is 0 Å². The van der Waals surface area contributed by atoms with Gasteiger partial charge in [0.2, 0.25) is 5.89 Å². The molecule has 2 aromatic heterocycles. The van der Waals surface area contributed by atoms with Gasteiger partial charge in [-0.1, -0.05) is 30.6 Å². The van der Waals surface area contributed by atoms with Gasteiger partial charge < -0.3 is 9.84 Å². The topological polar surface area (TPSA) is 80.9 Å². The van der Waals surface area contributed by atoms with Gasteiger partial charge >= 0.3 is 0 Å². The smallest absolute Gasteiger partial charge is 0.251 e. The van der Waals surface area contributed by atoms with Crippen LogP contribution < -0.4 is 5.32 Å². The van der Waals surface area contributed by atoms with Gasteiger partial charge in [0, 0.05) is 18.2 Å². The molecule has 2 heterocycles. The van der Waals surface area contributed by atoms with Gasteiger partial charge in [-0.15, -0.1) is 0 Å². The Bertz CT molecular complexity index is 625. The van der Waals surface area contributed by atoms with Crippen molar-refractivity contribution in [3.8, 4) is 0 Å². The van der Waals surface area contributed by atoms with E-state index in [1.807, 2.05) is 13.8 Å². The highest BCUT2D eigenvalue weighted by atomic mass is 35.5. The maximum absolute atomic E-state index is 12.1. The van der Waals surface area contributed by atoms with Crippen LogP contribution in [-0.4, -0.2) is 21.0 Å². The van der Waals surface area contributed by atoms with Gasteiger partial charge in [0.15, 0.2) is 5.82 Å². The zero-order valence-corrected chi connectivity index (χ0v) is 12.2. The normalized spacial score (nSPS) is 10.8. The second kappa shape index (κ2) is 6.00. The van der Waals surface area contributed by atoms with Gasteiger partial charge in [0.05, 0.1) is 6.54 Å². The lowest BCUT2D eigenvalue weighted by atomic mass is 10.1. The molecule has 1 N–H and O–H groups in total. The Morgan fingerprint density at radius 3 is 2.75 bits per heavy atom. The highest BCUT2D eigenvalue weighted by molar-refractivity contribution is 6.29. The fraction of sp³-hybridized carbons (Fsp3) is 0.385. The van der Waals surface area contributed by atoms with Crippen LogP contribution in [0.25, 0.3) is 0 Å². The zero-order chi connectivity index (χ0) is 14.7. The monoisotopic (exact) mass is 294 g/mol. The number of hydrogen-bond donors (Lipinski definition) is 1. The Balaban J connectivity index is 2.09. The van der Waals surface area contributed by atoms with Crippen molar-refractivity contribution in [3.05, 3.63) is 40.3 Å². The molecular formula is C13H15ClN4O2. The Labute approximate surface area is 121 Å². The van der Waals surface area contributed by atoms with Gasteiger partial charge in [-0.3, -0.25) is 4.79 Å². The molecule has 0 radical (unpaired) electrons. The van der Waals surface area contributed by atoms with Crippen molar-refractivity contribution in [1.82, 2.24) is 20.4 Å². The summed E-state index contributed by atoms with van der Waals surface area (Å²) in [5.74, 6) is 0.835. The first-order valence-electron chi connectivity index (χ1n) is 6.20. The highest BCUT2D eigenvalue weighted by Gasteiger charge is 2.12. The summed E-state index contributed by atoms with van der Waals surface area (Å²) >= 11 is 5.93. The summed E-state index contributed by atoms with van der Waals surface area (Å²) in [6.07, 6.45) is 0. The number of nitrogens with one attached hydrogen (secondary N) is 1. The van der Waals surface area contributed by atoms with Gasteiger partial charge in [-0.05, 0) is 18.1 Å². The van der Waals surface area contributed by atoms with Gasteiger partial charge in [0.25, 0.3) is 5.91 Å². The van der Waals surface area contributed by atoms with Crippen molar-refractivity contribution in [1.29, 1.82) is 0 Å². The molecule has 0 aliphatic heterocycles. The minimum Gasteiger partial charge on any atom is -0.345 e. The Hall–Kier alpha value is -1.95. The molecule has 0 aliphatic rings. The van der Waals surface area contributed by atoms with E-state index in [4.69, 9.17) is 16.1 Å². The Kier molecular flexibility index (Phi) is 4.34.